The third-order valence-electron chi connectivity index (χ3n) is 4.52. The molecule has 0 amide bonds. The van der Waals surface area contributed by atoms with Crippen molar-refractivity contribution in [2.24, 2.45) is 0 Å². The maximum Gasteiger partial charge on any atom is 0.214 e. The van der Waals surface area contributed by atoms with Crippen LogP contribution in [-0.4, -0.2) is 17.3 Å². The second-order valence-electron chi connectivity index (χ2n) is 6.40. The van der Waals surface area contributed by atoms with Crippen molar-refractivity contribution >= 4 is 5.78 Å². The van der Waals surface area contributed by atoms with Crippen LogP contribution in [0.5, 0.6) is 0 Å². The van der Waals surface area contributed by atoms with Crippen LogP contribution in [0.1, 0.15) is 28.5 Å². The predicted molar refractivity (Wildman–Crippen MR) is 109 cm³/mol. The molecule has 0 heterocycles. The summed E-state index contributed by atoms with van der Waals surface area (Å²) in [6.45, 7) is -0.345. The molecule has 3 aromatic carbocycles. The number of benzene rings is 3. The summed E-state index contributed by atoms with van der Waals surface area (Å²) in [6, 6.07) is 27.5. The second-order valence-corrected chi connectivity index (χ2v) is 6.40. The predicted octanol–water partition coefficient (Wildman–Crippen LogP) is 4.45. The van der Waals surface area contributed by atoms with Gasteiger partial charge in [0.15, 0.2) is 0 Å². The molecule has 0 aliphatic rings. The lowest BCUT2D eigenvalue weighted by molar-refractivity contribution is -0.483. The number of rotatable bonds is 6. The Hall–Kier alpha value is -3.71. The first-order valence-electron chi connectivity index (χ1n) is 8.98. The quantitative estimate of drug-likeness (QED) is 0.366. The number of carbonyl (C=O) groups excluding carboxylic acids is 1. The summed E-state index contributed by atoms with van der Waals surface area (Å²) in [5, 5.41) is 11.4. The number of hydrogen-bond acceptors (Lipinski definition) is 3. The lowest BCUT2D eigenvalue weighted by Crippen LogP contribution is -2.25. The normalized spacial score (nSPS) is 12.3. The van der Waals surface area contributed by atoms with E-state index in [0.717, 1.165) is 16.7 Å². The highest BCUT2D eigenvalue weighted by molar-refractivity contribution is 6.01. The molecule has 0 saturated heterocycles. The van der Waals surface area contributed by atoms with E-state index in [1.54, 1.807) is 0 Å². The maximum atomic E-state index is 13.1. The number of carbonyl (C=O) groups is 1. The number of hydrogen-bond donors (Lipinski definition) is 0. The summed E-state index contributed by atoms with van der Waals surface area (Å²) in [4.78, 5) is 24.1. The molecule has 0 spiro atoms. The Labute approximate surface area is 164 Å². The third kappa shape index (κ3) is 4.93. The van der Waals surface area contributed by atoms with Gasteiger partial charge in [0.2, 0.25) is 12.3 Å². The van der Waals surface area contributed by atoms with Crippen molar-refractivity contribution in [3.63, 3.8) is 0 Å². The lowest BCUT2D eigenvalue weighted by Gasteiger charge is -2.22. The van der Waals surface area contributed by atoms with Crippen molar-refractivity contribution in [1.29, 1.82) is 0 Å². The van der Waals surface area contributed by atoms with Crippen LogP contribution in [0, 0.1) is 22.0 Å². The zero-order valence-corrected chi connectivity index (χ0v) is 15.2. The van der Waals surface area contributed by atoms with Crippen LogP contribution in [0.4, 0.5) is 0 Å². The molecule has 28 heavy (non-hydrogen) atoms. The van der Waals surface area contributed by atoms with Crippen LogP contribution in [-0.2, 0) is 4.79 Å². The van der Waals surface area contributed by atoms with Gasteiger partial charge in [-0.15, -0.1) is 0 Å². The molecular formula is C24H19NO3. The number of nitrogens with zero attached hydrogens (tertiary/aromatic N) is 1. The monoisotopic (exact) mass is 369 g/mol. The molecule has 0 unspecified atom stereocenters. The average Bonchev–Trinajstić information content (AvgIpc) is 2.74. The molecule has 2 atom stereocenters. The van der Waals surface area contributed by atoms with Crippen molar-refractivity contribution in [1.82, 2.24) is 0 Å². The van der Waals surface area contributed by atoms with Crippen LogP contribution >= 0.6 is 0 Å². The smallest absolute Gasteiger partial charge is 0.214 e. The molecule has 0 saturated carbocycles. The van der Waals surface area contributed by atoms with E-state index in [0.29, 0.717) is 0 Å². The van der Waals surface area contributed by atoms with Gasteiger partial charge in [-0.3, -0.25) is 14.9 Å². The first-order valence-corrected chi connectivity index (χ1v) is 8.98. The Morgan fingerprint density at radius 1 is 0.821 bits per heavy atom. The van der Waals surface area contributed by atoms with E-state index in [1.165, 1.54) is 0 Å². The van der Waals surface area contributed by atoms with Gasteiger partial charge in [0.25, 0.3) is 0 Å². The van der Waals surface area contributed by atoms with E-state index in [9.17, 15) is 14.9 Å². The lowest BCUT2D eigenvalue weighted by atomic mass is 9.79. The van der Waals surface area contributed by atoms with Crippen LogP contribution in [0.25, 0.3) is 0 Å². The molecule has 0 aromatic heterocycles. The highest BCUT2D eigenvalue weighted by Crippen LogP contribution is 2.34. The molecule has 3 aromatic rings. The molecule has 0 aliphatic carbocycles. The van der Waals surface area contributed by atoms with Gasteiger partial charge in [-0.1, -0.05) is 84.8 Å². The minimum Gasteiger partial charge on any atom is -0.284 e. The zero-order chi connectivity index (χ0) is 19.8. The van der Waals surface area contributed by atoms with Gasteiger partial charge in [-0.2, -0.15) is 0 Å². The van der Waals surface area contributed by atoms with E-state index in [4.69, 9.17) is 0 Å². The first-order chi connectivity index (χ1) is 13.6. The molecule has 0 fully saturated rings. The molecule has 0 aliphatic heterocycles. The Kier molecular flexibility index (Phi) is 6.33. The topological polar surface area (TPSA) is 60.2 Å². The molecule has 0 radical (unpaired) electrons. The highest BCUT2D eigenvalue weighted by Gasteiger charge is 2.33. The van der Waals surface area contributed by atoms with E-state index >= 15 is 0 Å². The van der Waals surface area contributed by atoms with Gasteiger partial charge in [-0.25, -0.2) is 0 Å². The van der Waals surface area contributed by atoms with Gasteiger partial charge in [0.1, 0.15) is 0 Å². The Balaban J connectivity index is 2.04. The Bertz CT molecular complexity index is 990. The van der Waals surface area contributed by atoms with Crippen LogP contribution in [0.2, 0.25) is 0 Å². The van der Waals surface area contributed by atoms with E-state index in [-0.39, 0.29) is 17.3 Å². The summed E-state index contributed by atoms with van der Waals surface area (Å²) >= 11 is 0. The zero-order valence-electron chi connectivity index (χ0n) is 15.2. The molecular weight excluding hydrogens is 350 g/mol. The van der Waals surface area contributed by atoms with Gasteiger partial charge in [0, 0.05) is 10.5 Å². The summed E-state index contributed by atoms with van der Waals surface area (Å²) in [5.41, 5.74) is 2.21. The molecule has 0 N–H and O–H groups in total. The van der Waals surface area contributed by atoms with Crippen molar-refractivity contribution in [2.75, 3.05) is 6.54 Å². The molecule has 138 valence electrons. The fourth-order valence-corrected chi connectivity index (χ4v) is 3.22. The number of Topliss-reactive ketones (excluding diaryl/α,β-unsaturated/α-hetero) is 1. The maximum absolute atomic E-state index is 13.1. The van der Waals surface area contributed by atoms with Gasteiger partial charge < -0.3 is 0 Å². The summed E-state index contributed by atoms with van der Waals surface area (Å²) < 4.78 is 0. The Morgan fingerprint density at radius 3 is 1.86 bits per heavy atom. The molecule has 4 nitrogen and oxygen atoms in total. The second kappa shape index (κ2) is 9.29. The van der Waals surface area contributed by atoms with E-state index < -0.39 is 11.8 Å². The summed E-state index contributed by atoms with van der Waals surface area (Å²) in [7, 11) is 0. The van der Waals surface area contributed by atoms with Gasteiger partial charge in [0.05, 0.1) is 11.8 Å². The van der Waals surface area contributed by atoms with Crippen molar-refractivity contribution in [3.8, 4) is 11.8 Å². The van der Waals surface area contributed by atoms with Crippen LogP contribution < -0.4 is 0 Å². The van der Waals surface area contributed by atoms with Crippen LogP contribution in [0.3, 0.4) is 0 Å². The molecule has 0 bridgehead atoms. The third-order valence-corrected chi connectivity index (χ3v) is 4.52. The largest absolute Gasteiger partial charge is 0.284 e. The van der Waals surface area contributed by atoms with Gasteiger partial charge >= 0.3 is 0 Å². The summed E-state index contributed by atoms with van der Waals surface area (Å²) in [5.74, 6) is 3.95. The minimum atomic E-state index is -0.717. The van der Waals surface area contributed by atoms with Gasteiger partial charge in [-0.05, 0) is 29.2 Å². The number of nitro groups is 1. The number of ketones is 1. The van der Waals surface area contributed by atoms with E-state index in [2.05, 4.69) is 11.8 Å². The fraction of sp³-hybridized carbons (Fsp3) is 0.125. The highest BCUT2D eigenvalue weighted by atomic mass is 16.6. The fourth-order valence-electron chi connectivity index (χ4n) is 3.22. The first kappa shape index (κ1) is 19.1. The average molecular weight is 369 g/mol. The SMILES string of the molecule is O=C(C#Cc1ccccc1)[C@@H](c1ccccc1)[C@H](C[N+](=O)[O-])c1ccccc1. The van der Waals surface area contributed by atoms with E-state index in [1.807, 2.05) is 91.0 Å². The standard InChI is InChI=1S/C24H19NO3/c26-23(17-16-19-10-4-1-5-11-19)24(21-14-8-3-9-15-21)22(18-25(27)28)20-12-6-2-7-13-20/h1-15,22,24H,18H2/t22-,24+/m1/s1. The van der Waals surface area contributed by atoms with Crippen molar-refractivity contribution < 1.29 is 9.72 Å². The van der Waals surface area contributed by atoms with Crippen LogP contribution in [0.15, 0.2) is 91.0 Å². The van der Waals surface area contributed by atoms with Crippen molar-refractivity contribution in [2.45, 2.75) is 11.8 Å². The minimum absolute atomic E-state index is 0.328. The Morgan fingerprint density at radius 2 is 1.32 bits per heavy atom. The summed E-state index contributed by atoms with van der Waals surface area (Å²) in [6.07, 6.45) is 0. The molecule has 4 heteroatoms. The van der Waals surface area contributed by atoms with Crippen molar-refractivity contribution in [3.05, 3.63) is 118 Å². The molecule has 3 rings (SSSR count).